The summed E-state index contributed by atoms with van der Waals surface area (Å²) in [6.07, 6.45) is 3.50. The first-order valence-corrected chi connectivity index (χ1v) is 11.8. The summed E-state index contributed by atoms with van der Waals surface area (Å²) in [6.45, 7) is 4.59. The molecule has 2 aliphatic rings. The second-order valence-corrected chi connectivity index (χ2v) is 9.71. The number of benzene rings is 1. The maximum Gasteiger partial charge on any atom is 0.303 e. The number of fused-ring (bicyclic) bond motifs is 1. The van der Waals surface area contributed by atoms with Crippen molar-refractivity contribution >= 4 is 29.3 Å². The van der Waals surface area contributed by atoms with E-state index in [1.165, 1.54) is 4.90 Å². The van der Waals surface area contributed by atoms with E-state index in [0.29, 0.717) is 55.5 Å². The third-order valence-electron chi connectivity index (χ3n) is 6.17. The van der Waals surface area contributed by atoms with Gasteiger partial charge < -0.3 is 10.2 Å². The number of hydrogen-bond donors (Lipinski definition) is 2. The number of carbonyl (C=O) groups is 4. The molecule has 3 rings (SSSR count). The van der Waals surface area contributed by atoms with Crippen LogP contribution in [-0.2, 0) is 9.59 Å². The summed E-state index contributed by atoms with van der Waals surface area (Å²) in [5.41, 5.74) is 1.35. The number of nitrogens with zero attached hydrogens (tertiary/aromatic N) is 2. The number of carboxylic acids is 1. The van der Waals surface area contributed by atoms with Crippen molar-refractivity contribution in [2.75, 3.05) is 13.1 Å². The van der Waals surface area contributed by atoms with Crippen LogP contribution >= 0.6 is 0 Å². The number of imide groups is 1. The largest absolute Gasteiger partial charge is 0.511 e. The number of carboxylic acid groups (broad SMARTS) is 1. The van der Waals surface area contributed by atoms with E-state index in [9.17, 15) is 24.3 Å². The Morgan fingerprint density at radius 2 is 1.59 bits per heavy atom. The number of amides is 2. The monoisotopic (exact) mass is 468 g/mol. The highest BCUT2D eigenvalue weighted by atomic mass is 16.4. The van der Waals surface area contributed by atoms with Gasteiger partial charge in [0.1, 0.15) is 5.76 Å². The smallest absolute Gasteiger partial charge is 0.303 e. The molecule has 1 heterocycles. The number of unbranched alkanes of at least 4 members (excludes halogenated alkanes) is 2. The van der Waals surface area contributed by atoms with Gasteiger partial charge in [-0.25, -0.2) is 0 Å². The molecule has 1 saturated carbocycles. The summed E-state index contributed by atoms with van der Waals surface area (Å²) in [5, 5.41) is 19.5. The molecule has 182 valence electrons. The molecule has 1 fully saturated rings. The zero-order chi connectivity index (χ0) is 24.9. The Hall–Kier alpha value is -3.29. The molecule has 0 unspecified atom stereocenters. The molecule has 34 heavy (non-hydrogen) atoms. The van der Waals surface area contributed by atoms with E-state index in [1.54, 1.807) is 24.3 Å². The van der Waals surface area contributed by atoms with Crippen LogP contribution in [-0.4, -0.2) is 57.5 Å². The molecule has 2 N–H and O–H groups in total. The summed E-state index contributed by atoms with van der Waals surface area (Å²) in [4.78, 5) is 54.3. The highest BCUT2D eigenvalue weighted by molar-refractivity contribution is 6.24. The van der Waals surface area contributed by atoms with Crippen LogP contribution in [0.25, 0.3) is 0 Å². The number of Topliss-reactive ketones (excluding diaryl/α,β-unsaturated/α-hetero) is 1. The highest BCUT2D eigenvalue weighted by Crippen LogP contribution is 2.36. The van der Waals surface area contributed by atoms with Crippen LogP contribution in [0.15, 0.2) is 40.6 Å². The van der Waals surface area contributed by atoms with E-state index in [4.69, 9.17) is 5.11 Å². The van der Waals surface area contributed by atoms with Gasteiger partial charge in [-0.2, -0.15) is 0 Å². The Balaban J connectivity index is 1.64. The van der Waals surface area contributed by atoms with Crippen molar-refractivity contribution < 1.29 is 29.4 Å². The fraction of sp³-hybridized carbons (Fsp3) is 0.500. The molecular weight excluding hydrogens is 436 g/mol. The number of aliphatic imine (C=N–C) groups is 1. The topological polar surface area (TPSA) is 124 Å². The Labute approximate surface area is 199 Å². The Bertz CT molecular complexity index is 1020. The van der Waals surface area contributed by atoms with E-state index in [2.05, 4.69) is 4.99 Å². The van der Waals surface area contributed by atoms with Crippen LogP contribution in [0, 0.1) is 5.41 Å². The quantitative estimate of drug-likeness (QED) is 0.228. The minimum absolute atomic E-state index is 0.0539. The molecule has 0 saturated heterocycles. The van der Waals surface area contributed by atoms with Crippen molar-refractivity contribution in [1.82, 2.24) is 4.90 Å². The molecule has 0 spiro atoms. The maximum absolute atomic E-state index is 12.9. The number of rotatable bonds is 10. The summed E-state index contributed by atoms with van der Waals surface area (Å²) in [7, 11) is 0. The lowest BCUT2D eigenvalue weighted by molar-refractivity contribution is -0.137. The van der Waals surface area contributed by atoms with Gasteiger partial charge >= 0.3 is 5.97 Å². The van der Waals surface area contributed by atoms with E-state index in [0.717, 1.165) is 6.42 Å². The summed E-state index contributed by atoms with van der Waals surface area (Å²) in [6, 6.07) is 6.68. The number of hydrogen-bond acceptors (Lipinski definition) is 6. The van der Waals surface area contributed by atoms with Gasteiger partial charge in [0.15, 0.2) is 5.78 Å². The maximum atomic E-state index is 12.9. The Morgan fingerprint density at radius 3 is 2.21 bits per heavy atom. The Morgan fingerprint density at radius 1 is 0.941 bits per heavy atom. The summed E-state index contributed by atoms with van der Waals surface area (Å²) in [5.74, 6) is -1.70. The average Bonchev–Trinajstić information content (AvgIpc) is 3.00. The number of aliphatic carboxylic acids is 1. The van der Waals surface area contributed by atoms with Crippen LogP contribution in [0.3, 0.4) is 0 Å². The van der Waals surface area contributed by atoms with Crippen molar-refractivity contribution in [3.63, 3.8) is 0 Å². The number of carbonyl (C=O) groups excluding carboxylic acids is 3. The van der Waals surface area contributed by atoms with E-state index in [1.807, 2.05) is 13.8 Å². The van der Waals surface area contributed by atoms with Gasteiger partial charge in [-0.15, -0.1) is 0 Å². The number of aliphatic hydroxyl groups excluding tert-OH is 1. The van der Waals surface area contributed by atoms with Gasteiger partial charge in [0, 0.05) is 38.1 Å². The zero-order valence-electron chi connectivity index (χ0n) is 19.8. The minimum Gasteiger partial charge on any atom is -0.511 e. The van der Waals surface area contributed by atoms with Gasteiger partial charge in [0.25, 0.3) is 11.8 Å². The molecule has 1 aromatic rings. The fourth-order valence-electron chi connectivity index (χ4n) is 4.50. The molecule has 1 aromatic carbocycles. The lowest BCUT2D eigenvalue weighted by Gasteiger charge is -2.31. The molecule has 0 radical (unpaired) electrons. The first-order chi connectivity index (χ1) is 16.1. The van der Waals surface area contributed by atoms with Crippen LogP contribution < -0.4 is 0 Å². The molecule has 1 aliphatic carbocycles. The molecule has 0 atom stereocenters. The SMILES string of the molecule is CC1(C)CC(=O)/C(=C(/O)CCCN2C(=O)c3ccccc3C2=O)C(=NCCCCCC(=O)O)C1. The second kappa shape index (κ2) is 10.8. The van der Waals surface area contributed by atoms with Crippen molar-refractivity contribution in [3.8, 4) is 0 Å². The summed E-state index contributed by atoms with van der Waals surface area (Å²) >= 11 is 0. The highest BCUT2D eigenvalue weighted by Gasteiger charge is 2.37. The van der Waals surface area contributed by atoms with Crippen molar-refractivity contribution in [1.29, 1.82) is 0 Å². The molecule has 2 amide bonds. The molecule has 8 heteroatoms. The molecule has 0 bridgehead atoms. The zero-order valence-corrected chi connectivity index (χ0v) is 19.8. The van der Waals surface area contributed by atoms with Gasteiger partial charge in [-0.1, -0.05) is 32.4 Å². The standard InChI is InChI=1S/C26H32N2O6/c1-26(2)15-19(27-13-7-3-4-12-22(31)32)23(21(30)16-26)20(29)11-8-14-28-24(33)17-9-5-6-10-18(17)25(28)34/h5-6,9-10,29H,3-4,7-8,11-16H2,1-2H3,(H,31,32)/b23-20+,27-19?. The molecule has 8 nitrogen and oxygen atoms in total. The first-order valence-electron chi connectivity index (χ1n) is 11.8. The predicted molar refractivity (Wildman–Crippen MR) is 127 cm³/mol. The lowest BCUT2D eigenvalue weighted by Crippen LogP contribution is -2.33. The number of aliphatic hydroxyl groups is 1. The molecule has 1 aliphatic heterocycles. The van der Waals surface area contributed by atoms with Crippen molar-refractivity contribution in [2.45, 2.75) is 65.2 Å². The van der Waals surface area contributed by atoms with E-state index < -0.39 is 5.97 Å². The average molecular weight is 469 g/mol. The van der Waals surface area contributed by atoms with Crippen LogP contribution in [0.2, 0.25) is 0 Å². The normalized spacial score (nSPS) is 20.1. The van der Waals surface area contributed by atoms with Gasteiger partial charge in [0.2, 0.25) is 0 Å². The minimum atomic E-state index is -0.817. The fourth-order valence-corrected chi connectivity index (χ4v) is 4.50. The van der Waals surface area contributed by atoms with Crippen LogP contribution in [0.5, 0.6) is 0 Å². The third-order valence-corrected chi connectivity index (χ3v) is 6.17. The lowest BCUT2D eigenvalue weighted by atomic mass is 9.73. The molecular formula is C26H32N2O6. The third kappa shape index (κ3) is 5.98. The molecule has 0 aromatic heterocycles. The number of ketones is 1. The van der Waals surface area contributed by atoms with Crippen molar-refractivity contribution in [3.05, 3.63) is 46.7 Å². The predicted octanol–water partition coefficient (Wildman–Crippen LogP) is 4.35. The summed E-state index contributed by atoms with van der Waals surface area (Å²) < 4.78 is 0. The first kappa shape index (κ1) is 25.3. The van der Waals surface area contributed by atoms with Gasteiger partial charge in [-0.05, 0) is 43.2 Å². The van der Waals surface area contributed by atoms with E-state index >= 15 is 0 Å². The second-order valence-electron chi connectivity index (χ2n) is 9.71. The van der Waals surface area contributed by atoms with Gasteiger partial charge in [-0.3, -0.25) is 29.1 Å². The van der Waals surface area contributed by atoms with Crippen molar-refractivity contribution in [2.24, 2.45) is 10.4 Å². The number of allylic oxidation sites excluding steroid dienone is 2. The Kier molecular flexibility index (Phi) is 8.02. The van der Waals surface area contributed by atoms with Gasteiger partial charge in [0.05, 0.1) is 16.7 Å². The van der Waals surface area contributed by atoms with Crippen LogP contribution in [0.1, 0.15) is 85.9 Å². The van der Waals surface area contributed by atoms with Crippen LogP contribution in [0.4, 0.5) is 0 Å². The van der Waals surface area contributed by atoms with E-state index in [-0.39, 0.29) is 53.7 Å².